The van der Waals surface area contributed by atoms with Crippen molar-refractivity contribution < 1.29 is 5.11 Å². The van der Waals surface area contributed by atoms with E-state index < -0.39 is 0 Å². The average molecular weight is 202 g/mol. The molecule has 2 rings (SSSR count). The lowest BCUT2D eigenvalue weighted by molar-refractivity contribution is 0.110. The number of aliphatic hydroxyl groups excluding tert-OH is 1. The van der Waals surface area contributed by atoms with Crippen LogP contribution in [-0.4, -0.2) is 12.4 Å². The predicted molar refractivity (Wildman–Crippen MR) is 65.6 cm³/mol. The third-order valence-corrected chi connectivity index (χ3v) is 3.48. The van der Waals surface area contributed by atoms with Crippen molar-refractivity contribution in [2.24, 2.45) is 5.92 Å². The number of hydrogen-bond acceptors (Lipinski definition) is 1. The van der Waals surface area contributed by atoms with Crippen LogP contribution in [0.2, 0.25) is 12.6 Å². The Morgan fingerprint density at radius 3 is 3.00 bits per heavy atom. The highest BCUT2D eigenvalue weighted by molar-refractivity contribution is 6.35. The molecule has 2 atom stereocenters. The fourth-order valence-corrected chi connectivity index (χ4v) is 2.58. The maximum absolute atomic E-state index is 10.3. The molecule has 0 bridgehead atoms. The predicted octanol–water partition coefficient (Wildman–Crippen LogP) is 2.71. The van der Waals surface area contributed by atoms with E-state index in [1.807, 2.05) is 12.1 Å². The Balaban J connectivity index is 2.08. The Hall–Kier alpha value is -0.755. The Morgan fingerprint density at radius 1 is 1.47 bits per heavy atom. The summed E-state index contributed by atoms with van der Waals surface area (Å²) in [6, 6.07) is 8.28. The minimum atomic E-state index is -0.245. The van der Waals surface area contributed by atoms with Crippen LogP contribution in [0.15, 0.2) is 24.3 Å². The van der Waals surface area contributed by atoms with Gasteiger partial charge in [0.25, 0.3) is 0 Å². The van der Waals surface area contributed by atoms with Crippen molar-refractivity contribution in [2.75, 3.05) is 0 Å². The van der Waals surface area contributed by atoms with Gasteiger partial charge >= 0.3 is 0 Å². The van der Waals surface area contributed by atoms with E-state index in [-0.39, 0.29) is 6.10 Å². The van der Waals surface area contributed by atoms with E-state index in [0.717, 1.165) is 5.56 Å². The zero-order valence-electron chi connectivity index (χ0n) is 9.45. The van der Waals surface area contributed by atoms with Gasteiger partial charge in [0.15, 0.2) is 0 Å². The standard InChI is InChI=1S/C13H19BO/c1-10-4-2-5-11(8-10)13(15)12-6-3-7-14-9-12/h2,4-5,8,12-15H,3,6-7,9H2,1H3/t12-,13-/m1/s1. The second-order valence-electron chi connectivity index (χ2n) is 4.76. The van der Waals surface area contributed by atoms with Crippen LogP contribution in [-0.2, 0) is 0 Å². The highest BCUT2D eigenvalue weighted by Crippen LogP contribution is 2.32. The molecule has 1 aliphatic rings. The highest BCUT2D eigenvalue weighted by Gasteiger charge is 2.23. The molecule has 1 heterocycles. The molecule has 0 amide bonds. The summed E-state index contributed by atoms with van der Waals surface area (Å²) in [4.78, 5) is 0. The Kier molecular flexibility index (Phi) is 3.47. The van der Waals surface area contributed by atoms with E-state index in [1.165, 1.54) is 38.3 Å². The SMILES string of the molecule is Cc1cccc([C@@H](O)[C@H]2CBCCC2)c1. The molecule has 1 aromatic rings. The van der Waals surface area contributed by atoms with E-state index in [0.29, 0.717) is 5.92 Å². The van der Waals surface area contributed by atoms with E-state index >= 15 is 0 Å². The van der Waals surface area contributed by atoms with Gasteiger partial charge < -0.3 is 5.11 Å². The molecular weight excluding hydrogens is 183 g/mol. The first kappa shape index (κ1) is 10.8. The third kappa shape index (κ3) is 2.63. The quantitative estimate of drug-likeness (QED) is 0.731. The van der Waals surface area contributed by atoms with E-state index in [1.54, 1.807) is 0 Å². The first-order chi connectivity index (χ1) is 7.27. The van der Waals surface area contributed by atoms with Crippen molar-refractivity contribution in [3.05, 3.63) is 35.4 Å². The molecule has 1 saturated heterocycles. The summed E-state index contributed by atoms with van der Waals surface area (Å²) in [5.41, 5.74) is 2.34. The maximum atomic E-state index is 10.3. The first-order valence-electron chi connectivity index (χ1n) is 6.02. The summed E-state index contributed by atoms with van der Waals surface area (Å²) in [5.74, 6) is 0.487. The number of aryl methyl sites for hydroxylation is 1. The zero-order chi connectivity index (χ0) is 10.7. The van der Waals surface area contributed by atoms with Crippen molar-refractivity contribution in [3.63, 3.8) is 0 Å². The van der Waals surface area contributed by atoms with Crippen LogP contribution in [0.25, 0.3) is 0 Å². The molecule has 1 nitrogen and oxygen atoms in total. The number of rotatable bonds is 2. The molecule has 0 spiro atoms. The Morgan fingerprint density at radius 2 is 2.33 bits per heavy atom. The van der Waals surface area contributed by atoms with Crippen LogP contribution in [0, 0.1) is 12.8 Å². The van der Waals surface area contributed by atoms with Crippen LogP contribution >= 0.6 is 0 Å². The van der Waals surface area contributed by atoms with E-state index in [4.69, 9.17) is 0 Å². The van der Waals surface area contributed by atoms with Crippen molar-refractivity contribution in [2.45, 2.75) is 38.5 Å². The van der Waals surface area contributed by atoms with Gasteiger partial charge in [0.05, 0.1) is 6.10 Å². The number of hydrogen-bond donors (Lipinski definition) is 1. The van der Waals surface area contributed by atoms with Gasteiger partial charge in [-0.2, -0.15) is 0 Å². The lowest BCUT2D eigenvalue weighted by atomic mass is 9.59. The van der Waals surface area contributed by atoms with Crippen LogP contribution in [0.3, 0.4) is 0 Å². The Labute approximate surface area is 92.8 Å². The van der Waals surface area contributed by atoms with Crippen molar-refractivity contribution in [1.82, 2.24) is 0 Å². The van der Waals surface area contributed by atoms with Crippen molar-refractivity contribution in [1.29, 1.82) is 0 Å². The summed E-state index contributed by atoms with van der Waals surface area (Å²) in [6.45, 7) is 2.08. The van der Waals surface area contributed by atoms with Gasteiger partial charge in [-0.15, -0.1) is 0 Å². The lowest BCUT2D eigenvalue weighted by Crippen LogP contribution is -2.18. The summed E-state index contributed by atoms with van der Waals surface area (Å²) >= 11 is 0. The van der Waals surface area contributed by atoms with Gasteiger partial charge in [-0.25, -0.2) is 0 Å². The van der Waals surface area contributed by atoms with Crippen LogP contribution in [0.5, 0.6) is 0 Å². The number of aliphatic hydroxyl groups is 1. The number of benzene rings is 1. The molecular formula is C13H19BO. The second-order valence-corrected chi connectivity index (χ2v) is 4.76. The third-order valence-electron chi connectivity index (χ3n) is 3.48. The van der Waals surface area contributed by atoms with Crippen molar-refractivity contribution in [3.8, 4) is 0 Å². The first-order valence-corrected chi connectivity index (χ1v) is 6.02. The molecule has 1 fully saturated rings. The average Bonchev–Trinajstić information content (AvgIpc) is 2.29. The van der Waals surface area contributed by atoms with E-state index in [2.05, 4.69) is 19.1 Å². The monoisotopic (exact) mass is 202 g/mol. The van der Waals surface area contributed by atoms with Gasteiger partial charge in [-0.3, -0.25) is 0 Å². The second kappa shape index (κ2) is 4.85. The maximum Gasteiger partial charge on any atom is 0.121 e. The molecule has 15 heavy (non-hydrogen) atoms. The summed E-state index contributed by atoms with van der Waals surface area (Å²) in [6.07, 6.45) is 4.76. The largest absolute Gasteiger partial charge is 0.388 e. The molecule has 0 saturated carbocycles. The summed E-state index contributed by atoms with van der Waals surface area (Å²) < 4.78 is 0. The van der Waals surface area contributed by atoms with Gasteiger partial charge in [0, 0.05) is 0 Å². The van der Waals surface area contributed by atoms with Crippen molar-refractivity contribution >= 4 is 7.28 Å². The minimum absolute atomic E-state index is 0.245. The summed E-state index contributed by atoms with van der Waals surface area (Å²) in [5, 5.41) is 10.3. The topological polar surface area (TPSA) is 20.2 Å². The van der Waals surface area contributed by atoms with Crippen LogP contribution < -0.4 is 0 Å². The van der Waals surface area contributed by atoms with Gasteiger partial charge in [-0.05, 0) is 24.8 Å². The Bertz CT molecular complexity index is 318. The lowest BCUT2D eigenvalue weighted by Gasteiger charge is -2.26. The molecule has 0 aromatic heterocycles. The van der Waals surface area contributed by atoms with Gasteiger partial charge in [0.2, 0.25) is 0 Å². The molecule has 1 aliphatic heterocycles. The molecule has 1 aromatic carbocycles. The molecule has 0 aliphatic carbocycles. The normalized spacial score (nSPS) is 23.2. The molecule has 1 N–H and O–H groups in total. The summed E-state index contributed by atoms with van der Waals surface area (Å²) in [7, 11) is 1.29. The molecule has 80 valence electrons. The smallest absolute Gasteiger partial charge is 0.121 e. The van der Waals surface area contributed by atoms with E-state index in [9.17, 15) is 5.11 Å². The molecule has 0 unspecified atom stereocenters. The van der Waals surface area contributed by atoms with Gasteiger partial charge in [-0.1, -0.05) is 48.9 Å². The molecule has 2 heteroatoms. The zero-order valence-corrected chi connectivity index (χ0v) is 9.45. The molecule has 0 radical (unpaired) electrons. The van der Waals surface area contributed by atoms with Gasteiger partial charge in [0.1, 0.15) is 7.28 Å². The van der Waals surface area contributed by atoms with Crippen LogP contribution in [0.1, 0.15) is 30.1 Å². The highest BCUT2D eigenvalue weighted by atomic mass is 16.3. The minimum Gasteiger partial charge on any atom is -0.388 e. The van der Waals surface area contributed by atoms with Crippen LogP contribution in [0.4, 0.5) is 0 Å². The fraction of sp³-hybridized carbons (Fsp3) is 0.538. The fourth-order valence-electron chi connectivity index (χ4n) is 2.58.